The van der Waals surface area contributed by atoms with Crippen molar-refractivity contribution in [2.45, 2.75) is 36.6 Å². The van der Waals surface area contributed by atoms with Gasteiger partial charge in [0, 0.05) is 25.2 Å². The third-order valence-electron chi connectivity index (χ3n) is 5.64. The van der Waals surface area contributed by atoms with Crippen LogP contribution in [0.15, 0.2) is 53.4 Å². The summed E-state index contributed by atoms with van der Waals surface area (Å²) in [4.78, 5) is 14.9. The van der Waals surface area contributed by atoms with E-state index in [1.165, 1.54) is 16.4 Å². The van der Waals surface area contributed by atoms with Crippen LogP contribution in [0.1, 0.15) is 47.6 Å². The highest BCUT2D eigenvalue weighted by Gasteiger charge is 2.28. The number of likely N-dealkylation sites (N-methyl/N-ethyl adjacent to an activating group) is 1. The summed E-state index contributed by atoms with van der Waals surface area (Å²) in [5.74, 6) is -0.327. The van der Waals surface area contributed by atoms with Crippen molar-refractivity contribution < 1.29 is 13.2 Å². The fraction of sp³-hybridized carbons (Fsp3) is 0.435. The minimum Gasteiger partial charge on any atom is -0.350 e. The van der Waals surface area contributed by atoms with Gasteiger partial charge in [-0.1, -0.05) is 54.8 Å². The second kappa shape index (κ2) is 10.6. The molecule has 168 valence electrons. The van der Waals surface area contributed by atoms with E-state index < -0.39 is 10.0 Å². The van der Waals surface area contributed by atoms with Gasteiger partial charge in [0.15, 0.2) is 0 Å². The lowest BCUT2D eigenvalue weighted by atomic mass is 10.1. The van der Waals surface area contributed by atoms with E-state index in [2.05, 4.69) is 5.32 Å². The molecule has 3 rings (SSSR count). The van der Waals surface area contributed by atoms with Crippen LogP contribution in [-0.2, 0) is 10.0 Å². The second-order valence-electron chi connectivity index (χ2n) is 8.06. The van der Waals surface area contributed by atoms with Crippen LogP contribution in [0.4, 0.5) is 0 Å². The molecule has 1 amide bonds. The molecule has 1 fully saturated rings. The minimum absolute atomic E-state index is 0.00208. The Morgan fingerprint density at radius 2 is 1.71 bits per heavy atom. The van der Waals surface area contributed by atoms with Gasteiger partial charge in [-0.3, -0.25) is 4.79 Å². The van der Waals surface area contributed by atoms with Crippen molar-refractivity contribution in [3.05, 3.63) is 64.7 Å². The number of hydrogen-bond donors (Lipinski definition) is 1. The lowest BCUT2D eigenvalue weighted by Gasteiger charge is -2.25. The summed E-state index contributed by atoms with van der Waals surface area (Å²) in [6.07, 6.45) is 3.72. The first kappa shape index (κ1) is 23.7. The lowest BCUT2D eigenvalue weighted by Crippen LogP contribution is -2.35. The Balaban J connectivity index is 1.78. The third-order valence-corrected chi connectivity index (χ3v) is 8.02. The number of carbonyl (C=O) groups excluding carboxylic acids is 1. The van der Waals surface area contributed by atoms with E-state index in [4.69, 9.17) is 11.6 Å². The van der Waals surface area contributed by atoms with E-state index in [0.717, 1.165) is 31.2 Å². The molecule has 0 unspecified atom stereocenters. The van der Waals surface area contributed by atoms with Crippen molar-refractivity contribution in [1.29, 1.82) is 0 Å². The van der Waals surface area contributed by atoms with Gasteiger partial charge < -0.3 is 10.2 Å². The number of amides is 1. The first-order valence-electron chi connectivity index (χ1n) is 10.6. The Morgan fingerprint density at radius 1 is 1.06 bits per heavy atom. The molecule has 0 aromatic heterocycles. The zero-order valence-corrected chi connectivity index (χ0v) is 19.6. The molecule has 2 aromatic carbocycles. The molecule has 1 aliphatic rings. The lowest BCUT2D eigenvalue weighted by molar-refractivity contribution is 0.0941. The van der Waals surface area contributed by atoms with Crippen molar-refractivity contribution in [2.24, 2.45) is 0 Å². The molecule has 1 atom stereocenters. The molecule has 1 saturated heterocycles. The standard InChI is InChI=1S/C23H30ClN3O3S/c1-26(2)21(18-10-6-5-7-11-18)17-25-23(28)19-12-13-20(24)22(16-19)31(29,30)27-14-8-3-4-9-15-27/h5-7,10-13,16,21H,3-4,8-9,14-15,17H2,1-2H3,(H,25,28)/t21-/m1/s1. The van der Waals surface area contributed by atoms with Gasteiger partial charge in [0.1, 0.15) is 4.90 Å². The molecule has 0 spiro atoms. The van der Waals surface area contributed by atoms with Crippen LogP contribution in [0.2, 0.25) is 5.02 Å². The van der Waals surface area contributed by atoms with Crippen molar-refractivity contribution in [3.63, 3.8) is 0 Å². The van der Waals surface area contributed by atoms with Crippen molar-refractivity contribution in [1.82, 2.24) is 14.5 Å². The van der Waals surface area contributed by atoms with Crippen LogP contribution in [0.3, 0.4) is 0 Å². The summed E-state index contributed by atoms with van der Waals surface area (Å²) in [5.41, 5.74) is 1.37. The van der Waals surface area contributed by atoms with Crippen molar-refractivity contribution in [2.75, 3.05) is 33.7 Å². The number of carbonyl (C=O) groups is 1. The maximum Gasteiger partial charge on any atom is 0.251 e. The fourth-order valence-corrected chi connectivity index (χ4v) is 5.85. The summed E-state index contributed by atoms with van der Waals surface area (Å²) in [7, 11) is 0.166. The van der Waals surface area contributed by atoms with E-state index in [1.54, 1.807) is 6.07 Å². The number of halogens is 1. The second-order valence-corrected chi connectivity index (χ2v) is 10.4. The normalized spacial score (nSPS) is 16.6. The van der Waals surface area contributed by atoms with Gasteiger partial charge in [-0.2, -0.15) is 4.31 Å². The highest BCUT2D eigenvalue weighted by molar-refractivity contribution is 7.89. The van der Waals surface area contributed by atoms with Gasteiger partial charge in [-0.25, -0.2) is 8.42 Å². The summed E-state index contributed by atoms with van der Waals surface area (Å²) in [6, 6.07) is 14.4. The minimum atomic E-state index is -3.75. The molecule has 1 heterocycles. The molecule has 1 N–H and O–H groups in total. The number of rotatable bonds is 7. The monoisotopic (exact) mass is 463 g/mol. The van der Waals surface area contributed by atoms with Gasteiger partial charge in [0.05, 0.1) is 11.1 Å². The van der Waals surface area contributed by atoms with Crippen molar-refractivity contribution >= 4 is 27.5 Å². The zero-order valence-electron chi connectivity index (χ0n) is 18.1. The van der Waals surface area contributed by atoms with Crippen LogP contribution in [0.25, 0.3) is 0 Å². The predicted molar refractivity (Wildman–Crippen MR) is 124 cm³/mol. The first-order chi connectivity index (χ1) is 14.8. The molecule has 6 nitrogen and oxygen atoms in total. The Kier molecular flexibility index (Phi) is 8.11. The van der Waals surface area contributed by atoms with Crippen LogP contribution in [0.5, 0.6) is 0 Å². The van der Waals surface area contributed by atoms with Crippen LogP contribution in [0, 0.1) is 0 Å². The molecular formula is C23H30ClN3O3S. The molecule has 0 radical (unpaired) electrons. The summed E-state index contributed by atoms with van der Waals surface area (Å²) < 4.78 is 27.8. The summed E-state index contributed by atoms with van der Waals surface area (Å²) >= 11 is 6.25. The van der Waals surface area contributed by atoms with Gasteiger partial charge >= 0.3 is 0 Å². The molecule has 0 saturated carbocycles. The summed E-state index contributed by atoms with van der Waals surface area (Å²) in [5, 5.41) is 3.07. The van der Waals surface area contributed by atoms with Gasteiger partial charge in [-0.15, -0.1) is 0 Å². The topological polar surface area (TPSA) is 69.7 Å². The largest absolute Gasteiger partial charge is 0.350 e. The average Bonchev–Trinajstić information content (AvgIpc) is 3.05. The molecule has 0 aliphatic carbocycles. The number of nitrogens with zero attached hydrogens (tertiary/aromatic N) is 2. The number of hydrogen-bond acceptors (Lipinski definition) is 4. The highest BCUT2D eigenvalue weighted by Crippen LogP contribution is 2.28. The Hall–Kier alpha value is -1.93. The Morgan fingerprint density at radius 3 is 2.32 bits per heavy atom. The predicted octanol–water partition coefficient (Wildman–Crippen LogP) is 3.94. The molecule has 8 heteroatoms. The maximum atomic E-state index is 13.2. The maximum absolute atomic E-state index is 13.2. The van der Waals surface area contributed by atoms with Gasteiger partial charge in [0.25, 0.3) is 5.91 Å². The molecule has 1 aliphatic heterocycles. The number of benzene rings is 2. The van der Waals surface area contributed by atoms with E-state index in [1.807, 2.05) is 49.3 Å². The zero-order chi connectivity index (χ0) is 22.4. The third kappa shape index (κ3) is 5.86. The van der Waals surface area contributed by atoms with E-state index in [0.29, 0.717) is 19.6 Å². The van der Waals surface area contributed by atoms with E-state index >= 15 is 0 Å². The first-order valence-corrected chi connectivity index (χ1v) is 12.4. The van der Waals surface area contributed by atoms with Crippen LogP contribution >= 0.6 is 11.6 Å². The molecule has 2 aromatic rings. The molecular weight excluding hydrogens is 434 g/mol. The molecule has 0 bridgehead atoms. The number of nitrogens with one attached hydrogen (secondary N) is 1. The Labute approximate surface area is 190 Å². The highest BCUT2D eigenvalue weighted by atomic mass is 35.5. The number of sulfonamides is 1. The van der Waals surface area contributed by atoms with Crippen LogP contribution in [-0.4, -0.2) is 57.3 Å². The van der Waals surface area contributed by atoms with Gasteiger partial charge in [-0.05, 0) is 50.7 Å². The van der Waals surface area contributed by atoms with E-state index in [-0.39, 0.29) is 27.4 Å². The van der Waals surface area contributed by atoms with Gasteiger partial charge in [0.2, 0.25) is 10.0 Å². The quantitative estimate of drug-likeness (QED) is 0.675. The van der Waals surface area contributed by atoms with Crippen LogP contribution < -0.4 is 5.32 Å². The summed E-state index contributed by atoms with van der Waals surface area (Å²) in [6.45, 7) is 1.36. The Bertz CT molecular complexity index is 988. The smallest absolute Gasteiger partial charge is 0.251 e. The molecule has 31 heavy (non-hydrogen) atoms. The van der Waals surface area contributed by atoms with Crippen molar-refractivity contribution in [3.8, 4) is 0 Å². The van der Waals surface area contributed by atoms with E-state index in [9.17, 15) is 13.2 Å². The fourth-order valence-electron chi connectivity index (χ4n) is 3.83. The average molecular weight is 464 g/mol. The SMILES string of the molecule is CN(C)[C@H](CNC(=O)c1ccc(Cl)c(S(=O)(=O)N2CCCCCC2)c1)c1ccccc1.